The summed E-state index contributed by atoms with van der Waals surface area (Å²) in [5.41, 5.74) is 0. The van der Waals surface area contributed by atoms with Crippen LogP contribution in [0.4, 0.5) is 0 Å². The van der Waals surface area contributed by atoms with E-state index in [4.69, 9.17) is 9.41 Å². The molecule has 0 radical (unpaired) electrons. The molecule has 2 N–H and O–H groups in total. The van der Waals surface area contributed by atoms with E-state index in [1.807, 2.05) is 19.1 Å². The highest BCUT2D eigenvalue weighted by Crippen LogP contribution is 2.25. The molecule has 1 atom stereocenters. The minimum atomic E-state index is -3.12. The number of likely N-dealkylation sites (tertiary alicyclic amines) is 1. The highest BCUT2D eigenvalue weighted by molar-refractivity contribution is 14.0. The number of furan rings is 1. The Bertz CT molecular complexity index is 691. The van der Waals surface area contributed by atoms with Crippen molar-refractivity contribution in [1.29, 1.82) is 0 Å². The summed E-state index contributed by atoms with van der Waals surface area (Å²) in [5, 5.41) is 6.57. The van der Waals surface area contributed by atoms with Gasteiger partial charge in [-0.2, -0.15) is 0 Å². The molecule has 0 aliphatic carbocycles. The molecule has 1 aliphatic heterocycles. The van der Waals surface area contributed by atoms with Crippen molar-refractivity contribution in [3.05, 3.63) is 24.2 Å². The second kappa shape index (κ2) is 13.5. The van der Waals surface area contributed by atoms with Gasteiger partial charge in [-0.05, 0) is 58.3 Å². The van der Waals surface area contributed by atoms with Crippen molar-refractivity contribution in [1.82, 2.24) is 19.8 Å². The van der Waals surface area contributed by atoms with E-state index in [0.717, 1.165) is 31.4 Å². The molecular formula is C19H36IN5O3S. The van der Waals surface area contributed by atoms with Gasteiger partial charge < -0.3 is 15.1 Å². The molecule has 0 aromatic carbocycles. The summed E-state index contributed by atoms with van der Waals surface area (Å²) < 4.78 is 30.7. The van der Waals surface area contributed by atoms with Gasteiger partial charge in [0.15, 0.2) is 5.96 Å². The van der Waals surface area contributed by atoms with Crippen LogP contribution in [0.15, 0.2) is 27.8 Å². The quantitative estimate of drug-likeness (QED) is 0.193. The van der Waals surface area contributed by atoms with Crippen molar-refractivity contribution < 1.29 is 12.8 Å². The third-order valence-corrected chi connectivity index (χ3v) is 6.86. The second-order valence-electron chi connectivity index (χ2n) is 7.00. The SMILES string of the molecule is CCNC(=NCC(c1ccco1)N1CCCC1)NCCCN(C)S(=O)(=O)CC.I. The largest absolute Gasteiger partial charge is 0.468 e. The van der Waals surface area contributed by atoms with Gasteiger partial charge in [0.2, 0.25) is 10.0 Å². The Balaban J connectivity index is 0.00000420. The average Bonchev–Trinajstić information content (AvgIpc) is 3.39. The zero-order chi connectivity index (χ0) is 20.4. The lowest BCUT2D eigenvalue weighted by Gasteiger charge is -2.24. The molecule has 0 saturated carbocycles. The summed E-state index contributed by atoms with van der Waals surface area (Å²) in [5.74, 6) is 1.83. The summed E-state index contributed by atoms with van der Waals surface area (Å²) in [6.07, 6.45) is 4.86. The minimum Gasteiger partial charge on any atom is -0.468 e. The molecule has 0 amide bonds. The molecular weight excluding hydrogens is 505 g/mol. The summed E-state index contributed by atoms with van der Waals surface area (Å²) in [6.45, 7) is 8.37. The first kappa shape index (κ1) is 26.2. The zero-order valence-corrected chi connectivity index (χ0v) is 20.9. The Kier molecular flexibility index (Phi) is 12.1. The Morgan fingerprint density at radius 2 is 2.03 bits per heavy atom. The van der Waals surface area contributed by atoms with E-state index >= 15 is 0 Å². The van der Waals surface area contributed by atoms with Gasteiger partial charge >= 0.3 is 0 Å². The molecule has 168 valence electrons. The van der Waals surface area contributed by atoms with Gasteiger partial charge in [0.05, 0.1) is 24.6 Å². The molecule has 1 aliphatic rings. The predicted octanol–water partition coefficient (Wildman–Crippen LogP) is 2.26. The number of nitrogens with one attached hydrogen (secondary N) is 2. The van der Waals surface area contributed by atoms with Gasteiger partial charge in [-0.25, -0.2) is 12.7 Å². The first-order valence-electron chi connectivity index (χ1n) is 10.2. The number of aliphatic imine (C=N–C) groups is 1. The molecule has 1 saturated heterocycles. The third kappa shape index (κ3) is 8.42. The van der Waals surface area contributed by atoms with Gasteiger partial charge in [0.1, 0.15) is 5.76 Å². The Labute approximate surface area is 192 Å². The van der Waals surface area contributed by atoms with Crippen LogP contribution in [-0.2, 0) is 10.0 Å². The average molecular weight is 542 g/mol. The Morgan fingerprint density at radius 3 is 2.62 bits per heavy atom. The highest BCUT2D eigenvalue weighted by Gasteiger charge is 2.25. The second-order valence-corrected chi connectivity index (χ2v) is 9.36. The van der Waals surface area contributed by atoms with Crippen LogP contribution < -0.4 is 10.6 Å². The first-order chi connectivity index (χ1) is 13.5. The molecule has 2 heterocycles. The van der Waals surface area contributed by atoms with Crippen LogP contribution >= 0.6 is 24.0 Å². The van der Waals surface area contributed by atoms with E-state index in [2.05, 4.69) is 15.5 Å². The fraction of sp³-hybridized carbons (Fsp3) is 0.737. The van der Waals surface area contributed by atoms with Gasteiger partial charge in [-0.15, -0.1) is 24.0 Å². The van der Waals surface area contributed by atoms with Crippen LogP contribution in [0.25, 0.3) is 0 Å². The molecule has 0 spiro atoms. The van der Waals surface area contributed by atoms with E-state index in [0.29, 0.717) is 26.1 Å². The van der Waals surface area contributed by atoms with Crippen LogP contribution in [0, 0.1) is 0 Å². The lowest BCUT2D eigenvalue weighted by molar-refractivity contribution is 0.221. The molecule has 1 fully saturated rings. The number of hydrogen-bond acceptors (Lipinski definition) is 5. The minimum absolute atomic E-state index is 0. The van der Waals surface area contributed by atoms with E-state index < -0.39 is 10.0 Å². The van der Waals surface area contributed by atoms with E-state index in [1.165, 1.54) is 17.1 Å². The summed E-state index contributed by atoms with van der Waals surface area (Å²) in [4.78, 5) is 7.18. The molecule has 8 nitrogen and oxygen atoms in total. The van der Waals surface area contributed by atoms with Gasteiger partial charge in [-0.3, -0.25) is 9.89 Å². The first-order valence-corrected chi connectivity index (χ1v) is 11.8. The van der Waals surface area contributed by atoms with E-state index in [1.54, 1.807) is 20.2 Å². The maximum atomic E-state index is 11.8. The summed E-state index contributed by atoms with van der Waals surface area (Å²) in [6, 6.07) is 4.09. The molecule has 1 aromatic heterocycles. The maximum Gasteiger partial charge on any atom is 0.213 e. The van der Waals surface area contributed by atoms with E-state index in [-0.39, 0.29) is 35.8 Å². The number of guanidine groups is 1. The fourth-order valence-electron chi connectivity index (χ4n) is 3.31. The fourth-order valence-corrected chi connectivity index (χ4v) is 4.16. The third-order valence-electron chi connectivity index (χ3n) is 5.00. The van der Waals surface area contributed by atoms with E-state index in [9.17, 15) is 8.42 Å². The van der Waals surface area contributed by atoms with Crippen molar-refractivity contribution in [2.75, 3.05) is 52.1 Å². The topological polar surface area (TPSA) is 90.2 Å². The standard InChI is InChI=1S/C19H35N5O3S.HI/c1-4-20-19(21-11-9-12-23(3)28(25,26)5-2)22-16-17(18-10-8-15-27-18)24-13-6-7-14-24;/h8,10,15,17H,4-7,9,11-14,16H2,1-3H3,(H2,20,21,22);1H. The predicted molar refractivity (Wildman–Crippen MR) is 128 cm³/mol. The molecule has 0 bridgehead atoms. The van der Waals surface area contributed by atoms with Crippen molar-refractivity contribution in [2.45, 2.75) is 39.2 Å². The van der Waals surface area contributed by atoms with Gasteiger partial charge in [0, 0.05) is 26.7 Å². The molecule has 1 unspecified atom stereocenters. The zero-order valence-electron chi connectivity index (χ0n) is 17.8. The number of halogens is 1. The van der Waals surface area contributed by atoms with Crippen LogP contribution in [-0.4, -0.2) is 75.7 Å². The molecule has 1 aromatic rings. The monoisotopic (exact) mass is 541 g/mol. The number of sulfonamides is 1. The smallest absolute Gasteiger partial charge is 0.213 e. The number of hydrogen-bond donors (Lipinski definition) is 2. The number of rotatable bonds is 11. The van der Waals surface area contributed by atoms with Crippen LogP contribution in [0.5, 0.6) is 0 Å². The molecule has 29 heavy (non-hydrogen) atoms. The molecule has 10 heteroatoms. The van der Waals surface area contributed by atoms with Crippen LogP contribution in [0.1, 0.15) is 44.9 Å². The van der Waals surface area contributed by atoms with Crippen molar-refractivity contribution in [3.63, 3.8) is 0 Å². The summed E-state index contributed by atoms with van der Waals surface area (Å²) >= 11 is 0. The normalized spacial score (nSPS) is 16.6. The van der Waals surface area contributed by atoms with Crippen molar-refractivity contribution in [2.24, 2.45) is 4.99 Å². The Morgan fingerprint density at radius 1 is 1.31 bits per heavy atom. The van der Waals surface area contributed by atoms with Gasteiger partial charge in [0.25, 0.3) is 0 Å². The van der Waals surface area contributed by atoms with Crippen molar-refractivity contribution >= 4 is 40.0 Å². The maximum absolute atomic E-state index is 11.8. The van der Waals surface area contributed by atoms with Crippen molar-refractivity contribution in [3.8, 4) is 0 Å². The highest BCUT2D eigenvalue weighted by atomic mass is 127. The summed E-state index contributed by atoms with van der Waals surface area (Å²) in [7, 11) is -1.49. The Hall–Kier alpha value is -0.850. The molecule has 2 rings (SSSR count). The van der Waals surface area contributed by atoms with Crippen LogP contribution in [0.3, 0.4) is 0 Å². The lowest BCUT2D eigenvalue weighted by atomic mass is 10.2. The van der Waals surface area contributed by atoms with Crippen LogP contribution in [0.2, 0.25) is 0 Å². The lowest BCUT2D eigenvalue weighted by Crippen LogP contribution is -2.40. The number of nitrogens with zero attached hydrogens (tertiary/aromatic N) is 3. The van der Waals surface area contributed by atoms with Gasteiger partial charge in [-0.1, -0.05) is 0 Å².